The van der Waals surface area contributed by atoms with Gasteiger partial charge in [0.25, 0.3) is 0 Å². The molecule has 1 N–H and O–H groups in total. The van der Waals surface area contributed by atoms with Crippen LogP contribution in [0.15, 0.2) is 0 Å². The van der Waals surface area contributed by atoms with Crippen molar-refractivity contribution in [3.63, 3.8) is 0 Å². The Kier molecular flexibility index (Phi) is 5.65. The first kappa shape index (κ1) is 14.2. The SMILES string of the molecule is CCCCOCCn1nc(C)c(C(C)O)c1C. The maximum Gasteiger partial charge on any atom is 0.0797 e. The van der Waals surface area contributed by atoms with Gasteiger partial charge in [-0.1, -0.05) is 13.3 Å². The van der Waals surface area contributed by atoms with E-state index in [1.807, 2.05) is 18.5 Å². The Labute approximate surface area is 104 Å². The highest BCUT2D eigenvalue weighted by Gasteiger charge is 2.15. The normalized spacial score (nSPS) is 13.0. The Hall–Kier alpha value is -0.870. The molecule has 1 atom stereocenters. The molecular formula is C13H24N2O2. The van der Waals surface area contributed by atoms with Crippen LogP contribution in [-0.2, 0) is 11.3 Å². The fourth-order valence-electron chi connectivity index (χ4n) is 2.03. The monoisotopic (exact) mass is 240 g/mol. The van der Waals surface area contributed by atoms with E-state index in [-0.39, 0.29) is 0 Å². The van der Waals surface area contributed by atoms with Crippen molar-refractivity contribution in [2.75, 3.05) is 13.2 Å². The minimum absolute atomic E-state index is 0.454. The standard InChI is InChI=1S/C13H24N2O2/c1-5-6-8-17-9-7-15-11(3)13(12(4)16)10(2)14-15/h12,16H,5-9H2,1-4H3. The zero-order chi connectivity index (χ0) is 12.8. The number of hydrogen-bond donors (Lipinski definition) is 1. The summed E-state index contributed by atoms with van der Waals surface area (Å²) in [5, 5.41) is 14.1. The Bertz CT molecular complexity index is 345. The smallest absolute Gasteiger partial charge is 0.0797 e. The molecule has 0 saturated heterocycles. The summed E-state index contributed by atoms with van der Waals surface area (Å²) in [5.74, 6) is 0. The van der Waals surface area contributed by atoms with E-state index in [0.717, 1.165) is 42.9 Å². The maximum absolute atomic E-state index is 9.66. The molecule has 4 heteroatoms. The summed E-state index contributed by atoms with van der Waals surface area (Å²) in [7, 11) is 0. The van der Waals surface area contributed by atoms with E-state index in [1.54, 1.807) is 6.92 Å². The summed E-state index contributed by atoms with van der Waals surface area (Å²) in [6.45, 7) is 10.1. The highest BCUT2D eigenvalue weighted by atomic mass is 16.5. The van der Waals surface area contributed by atoms with Gasteiger partial charge in [0.15, 0.2) is 0 Å². The van der Waals surface area contributed by atoms with Crippen molar-refractivity contribution in [1.29, 1.82) is 0 Å². The van der Waals surface area contributed by atoms with Gasteiger partial charge in [-0.3, -0.25) is 4.68 Å². The third-order valence-corrected chi connectivity index (χ3v) is 2.94. The van der Waals surface area contributed by atoms with Crippen LogP contribution in [0.2, 0.25) is 0 Å². The largest absolute Gasteiger partial charge is 0.389 e. The lowest BCUT2D eigenvalue weighted by atomic mass is 10.1. The zero-order valence-corrected chi connectivity index (χ0v) is 11.4. The van der Waals surface area contributed by atoms with Gasteiger partial charge in [0.1, 0.15) is 0 Å². The molecule has 0 amide bonds. The van der Waals surface area contributed by atoms with Crippen molar-refractivity contribution in [2.45, 2.75) is 53.2 Å². The van der Waals surface area contributed by atoms with Gasteiger partial charge in [0, 0.05) is 17.9 Å². The van der Waals surface area contributed by atoms with E-state index < -0.39 is 6.10 Å². The molecule has 0 aliphatic rings. The van der Waals surface area contributed by atoms with E-state index in [4.69, 9.17) is 4.74 Å². The molecule has 0 saturated carbocycles. The molecule has 0 aromatic carbocycles. The van der Waals surface area contributed by atoms with E-state index in [1.165, 1.54) is 0 Å². The van der Waals surface area contributed by atoms with Crippen LogP contribution in [0, 0.1) is 13.8 Å². The van der Waals surface area contributed by atoms with Crippen LogP contribution in [0.1, 0.15) is 49.7 Å². The molecule has 0 bridgehead atoms. The lowest BCUT2D eigenvalue weighted by molar-refractivity contribution is 0.120. The fourth-order valence-corrected chi connectivity index (χ4v) is 2.03. The molecule has 4 nitrogen and oxygen atoms in total. The maximum atomic E-state index is 9.66. The number of hydrogen-bond acceptors (Lipinski definition) is 3. The zero-order valence-electron chi connectivity index (χ0n) is 11.4. The number of unbranched alkanes of at least 4 members (excludes halogenated alkanes) is 1. The second-order valence-corrected chi connectivity index (χ2v) is 4.45. The minimum atomic E-state index is -0.454. The number of aliphatic hydroxyl groups is 1. The van der Waals surface area contributed by atoms with Gasteiger partial charge < -0.3 is 9.84 Å². The van der Waals surface area contributed by atoms with Gasteiger partial charge in [-0.25, -0.2) is 0 Å². The summed E-state index contributed by atoms with van der Waals surface area (Å²) in [6.07, 6.45) is 1.81. The number of aryl methyl sites for hydroxylation is 1. The molecule has 1 aromatic rings. The van der Waals surface area contributed by atoms with Gasteiger partial charge >= 0.3 is 0 Å². The average Bonchev–Trinajstić information content (AvgIpc) is 2.53. The fraction of sp³-hybridized carbons (Fsp3) is 0.769. The molecule has 0 aliphatic carbocycles. The van der Waals surface area contributed by atoms with E-state index >= 15 is 0 Å². The van der Waals surface area contributed by atoms with Crippen LogP contribution in [0.4, 0.5) is 0 Å². The average molecular weight is 240 g/mol. The van der Waals surface area contributed by atoms with E-state index in [2.05, 4.69) is 12.0 Å². The van der Waals surface area contributed by atoms with Gasteiger partial charge in [-0.05, 0) is 27.2 Å². The Morgan fingerprint density at radius 3 is 2.59 bits per heavy atom. The molecular weight excluding hydrogens is 216 g/mol. The predicted molar refractivity (Wildman–Crippen MR) is 68.1 cm³/mol. The Morgan fingerprint density at radius 1 is 1.35 bits per heavy atom. The van der Waals surface area contributed by atoms with Crippen molar-refractivity contribution in [3.8, 4) is 0 Å². The molecule has 1 aromatic heterocycles. The molecule has 0 spiro atoms. The number of aromatic nitrogens is 2. The second kappa shape index (κ2) is 6.77. The lowest BCUT2D eigenvalue weighted by Crippen LogP contribution is -2.10. The summed E-state index contributed by atoms with van der Waals surface area (Å²) in [4.78, 5) is 0. The van der Waals surface area contributed by atoms with Crippen LogP contribution in [0.3, 0.4) is 0 Å². The summed E-state index contributed by atoms with van der Waals surface area (Å²) >= 11 is 0. The number of ether oxygens (including phenoxy) is 1. The first-order valence-corrected chi connectivity index (χ1v) is 6.37. The lowest BCUT2D eigenvalue weighted by Gasteiger charge is -2.07. The van der Waals surface area contributed by atoms with Gasteiger partial charge in [-0.2, -0.15) is 5.10 Å². The molecule has 0 radical (unpaired) electrons. The predicted octanol–water partition coefficient (Wildman–Crippen LogP) is 2.37. The molecule has 17 heavy (non-hydrogen) atoms. The molecule has 0 fully saturated rings. The topological polar surface area (TPSA) is 47.3 Å². The van der Waals surface area contributed by atoms with Gasteiger partial charge in [0.05, 0.1) is 24.9 Å². The van der Waals surface area contributed by atoms with Crippen molar-refractivity contribution in [2.24, 2.45) is 0 Å². The van der Waals surface area contributed by atoms with Crippen LogP contribution >= 0.6 is 0 Å². The summed E-state index contributed by atoms with van der Waals surface area (Å²) < 4.78 is 7.44. The molecule has 1 rings (SSSR count). The highest BCUT2D eigenvalue weighted by Crippen LogP contribution is 2.20. The van der Waals surface area contributed by atoms with Crippen molar-refractivity contribution >= 4 is 0 Å². The summed E-state index contributed by atoms with van der Waals surface area (Å²) in [5.41, 5.74) is 2.89. The van der Waals surface area contributed by atoms with Crippen molar-refractivity contribution in [3.05, 3.63) is 17.0 Å². The molecule has 1 unspecified atom stereocenters. The molecule has 98 valence electrons. The minimum Gasteiger partial charge on any atom is -0.389 e. The molecule has 0 aliphatic heterocycles. The first-order chi connectivity index (χ1) is 8.07. The number of rotatable bonds is 7. The highest BCUT2D eigenvalue weighted by molar-refractivity contribution is 5.26. The third-order valence-electron chi connectivity index (χ3n) is 2.94. The van der Waals surface area contributed by atoms with Gasteiger partial charge in [-0.15, -0.1) is 0 Å². The van der Waals surface area contributed by atoms with E-state index in [0.29, 0.717) is 6.61 Å². The quantitative estimate of drug-likeness (QED) is 0.744. The first-order valence-electron chi connectivity index (χ1n) is 6.37. The van der Waals surface area contributed by atoms with Crippen LogP contribution in [0.5, 0.6) is 0 Å². The van der Waals surface area contributed by atoms with Gasteiger partial charge in [0.2, 0.25) is 0 Å². The Morgan fingerprint density at radius 2 is 2.06 bits per heavy atom. The van der Waals surface area contributed by atoms with Crippen molar-refractivity contribution < 1.29 is 9.84 Å². The molecule has 1 heterocycles. The second-order valence-electron chi connectivity index (χ2n) is 4.45. The number of aliphatic hydroxyl groups excluding tert-OH is 1. The van der Waals surface area contributed by atoms with Crippen LogP contribution in [0.25, 0.3) is 0 Å². The van der Waals surface area contributed by atoms with Crippen LogP contribution < -0.4 is 0 Å². The van der Waals surface area contributed by atoms with Crippen LogP contribution in [-0.4, -0.2) is 28.1 Å². The number of nitrogens with zero attached hydrogens (tertiary/aromatic N) is 2. The summed E-state index contributed by atoms with van der Waals surface area (Å²) in [6, 6.07) is 0. The third kappa shape index (κ3) is 3.82. The van der Waals surface area contributed by atoms with E-state index in [9.17, 15) is 5.11 Å². The van der Waals surface area contributed by atoms with Crippen molar-refractivity contribution in [1.82, 2.24) is 9.78 Å². The Balaban J connectivity index is 2.52.